The number of aryl methyl sites for hydroxylation is 1. The van der Waals surface area contributed by atoms with E-state index >= 15 is 0 Å². The standard InChI is InChI=1S/C18H18N2O2S/c1-12-2-6-15(7-3-12)23(21,22)20-19-11-14-10-18-16-8-4-13(14)5-9-17(16)18/h2-11,13,16-18,20H,1H3/b19-11+. The van der Waals surface area contributed by atoms with Gasteiger partial charge in [-0.25, -0.2) is 4.83 Å². The van der Waals surface area contributed by atoms with Crippen LogP contribution in [0.1, 0.15) is 5.56 Å². The van der Waals surface area contributed by atoms with Gasteiger partial charge in [0.1, 0.15) is 0 Å². The van der Waals surface area contributed by atoms with Crippen LogP contribution in [0.2, 0.25) is 0 Å². The Morgan fingerprint density at radius 2 is 1.65 bits per heavy atom. The van der Waals surface area contributed by atoms with E-state index < -0.39 is 10.0 Å². The van der Waals surface area contributed by atoms with E-state index in [1.807, 2.05) is 6.92 Å². The summed E-state index contributed by atoms with van der Waals surface area (Å²) >= 11 is 0. The molecular weight excluding hydrogens is 308 g/mol. The smallest absolute Gasteiger partial charge is 0.200 e. The van der Waals surface area contributed by atoms with Gasteiger partial charge in [0.15, 0.2) is 0 Å². The third-order valence-corrected chi connectivity index (χ3v) is 6.00. The largest absolute Gasteiger partial charge is 0.276 e. The van der Waals surface area contributed by atoms with Gasteiger partial charge in [-0.15, -0.1) is 0 Å². The van der Waals surface area contributed by atoms with Crippen LogP contribution in [0.25, 0.3) is 0 Å². The second-order valence-corrected chi connectivity index (χ2v) is 8.02. The average molecular weight is 326 g/mol. The van der Waals surface area contributed by atoms with Gasteiger partial charge in [-0.1, -0.05) is 48.1 Å². The normalized spacial score (nSPS) is 30.9. The van der Waals surface area contributed by atoms with E-state index in [4.69, 9.17) is 0 Å². The minimum Gasteiger partial charge on any atom is -0.200 e. The van der Waals surface area contributed by atoms with Gasteiger partial charge in [0.05, 0.1) is 11.1 Å². The number of nitrogens with one attached hydrogen (secondary N) is 1. The van der Waals surface area contributed by atoms with Gasteiger partial charge in [-0.2, -0.15) is 13.5 Å². The molecule has 118 valence electrons. The fraction of sp³-hybridized carbons (Fsp3) is 0.278. The Morgan fingerprint density at radius 3 is 2.30 bits per heavy atom. The van der Waals surface area contributed by atoms with Crippen LogP contribution < -0.4 is 4.83 Å². The Balaban J connectivity index is 1.51. The topological polar surface area (TPSA) is 58.5 Å². The van der Waals surface area contributed by atoms with Crippen molar-refractivity contribution in [3.63, 3.8) is 0 Å². The van der Waals surface area contributed by atoms with Crippen LogP contribution in [-0.4, -0.2) is 14.6 Å². The molecule has 4 aliphatic rings. The fourth-order valence-corrected chi connectivity index (χ4v) is 4.10. The van der Waals surface area contributed by atoms with Crippen LogP contribution >= 0.6 is 0 Å². The molecule has 1 fully saturated rings. The molecule has 4 nitrogen and oxygen atoms in total. The minimum atomic E-state index is -3.62. The summed E-state index contributed by atoms with van der Waals surface area (Å²) in [5.74, 6) is 1.98. The molecule has 0 spiro atoms. The van der Waals surface area contributed by atoms with Crippen molar-refractivity contribution in [3.05, 3.63) is 65.8 Å². The zero-order chi connectivity index (χ0) is 16.0. The van der Waals surface area contributed by atoms with Crippen molar-refractivity contribution in [3.8, 4) is 0 Å². The summed E-state index contributed by atoms with van der Waals surface area (Å²) in [6, 6.07) is 6.71. The van der Waals surface area contributed by atoms with Crippen LogP contribution in [0.5, 0.6) is 0 Å². The zero-order valence-corrected chi connectivity index (χ0v) is 13.6. The second-order valence-electron chi connectivity index (χ2n) is 6.36. The third kappa shape index (κ3) is 2.65. The summed E-state index contributed by atoms with van der Waals surface area (Å²) in [4.78, 5) is 2.52. The molecule has 0 aliphatic heterocycles. The predicted octanol–water partition coefficient (Wildman–Crippen LogP) is 2.80. The lowest BCUT2D eigenvalue weighted by Crippen LogP contribution is -2.18. The molecule has 5 heteroatoms. The van der Waals surface area contributed by atoms with Gasteiger partial charge in [-0.3, -0.25) is 0 Å². The molecule has 23 heavy (non-hydrogen) atoms. The van der Waals surface area contributed by atoms with Crippen LogP contribution in [-0.2, 0) is 10.0 Å². The lowest BCUT2D eigenvalue weighted by atomic mass is 10.0. The first kappa shape index (κ1) is 14.5. The molecule has 4 bridgehead atoms. The Bertz CT molecular complexity index is 828. The summed E-state index contributed by atoms with van der Waals surface area (Å²) in [6.07, 6.45) is 12.8. The van der Waals surface area contributed by atoms with E-state index in [-0.39, 0.29) is 10.8 Å². The predicted molar refractivity (Wildman–Crippen MR) is 90.3 cm³/mol. The Labute approximate surface area is 136 Å². The maximum atomic E-state index is 12.2. The first-order chi connectivity index (χ1) is 11.0. The van der Waals surface area contributed by atoms with E-state index in [1.165, 1.54) is 0 Å². The molecule has 4 aliphatic carbocycles. The van der Waals surface area contributed by atoms with Crippen molar-refractivity contribution in [2.45, 2.75) is 11.8 Å². The SMILES string of the molecule is Cc1ccc(S(=O)(=O)N/N=C/C2=CC3C4C=CC2C=CC43)cc1. The maximum absolute atomic E-state index is 12.2. The number of nitrogens with zero attached hydrogens (tertiary/aromatic N) is 1. The summed E-state index contributed by atoms with van der Waals surface area (Å²) < 4.78 is 24.4. The molecule has 2 unspecified atom stereocenters. The number of allylic oxidation sites excluding steroid dienone is 6. The zero-order valence-electron chi connectivity index (χ0n) is 12.8. The van der Waals surface area contributed by atoms with Crippen molar-refractivity contribution in [1.82, 2.24) is 4.83 Å². The van der Waals surface area contributed by atoms with Crippen LogP contribution in [0.4, 0.5) is 0 Å². The molecule has 1 N–H and O–H groups in total. The lowest BCUT2D eigenvalue weighted by molar-refractivity contribution is 0.584. The Hall–Kier alpha value is -2.14. The fourth-order valence-electron chi connectivity index (χ4n) is 3.31. The van der Waals surface area contributed by atoms with E-state index in [0.29, 0.717) is 17.8 Å². The van der Waals surface area contributed by atoms with Gasteiger partial charge < -0.3 is 0 Å². The molecule has 0 aromatic heterocycles. The van der Waals surface area contributed by atoms with E-state index in [2.05, 4.69) is 40.3 Å². The van der Waals surface area contributed by atoms with Gasteiger partial charge in [0.25, 0.3) is 10.0 Å². The highest BCUT2D eigenvalue weighted by Gasteiger charge is 2.47. The number of hydrogen-bond donors (Lipinski definition) is 1. The molecule has 0 amide bonds. The van der Waals surface area contributed by atoms with Crippen molar-refractivity contribution in [2.75, 3.05) is 0 Å². The van der Waals surface area contributed by atoms with E-state index in [9.17, 15) is 8.42 Å². The van der Waals surface area contributed by atoms with E-state index in [1.54, 1.807) is 30.5 Å². The summed E-state index contributed by atoms with van der Waals surface area (Å²) in [6.45, 7) is 1.92. The Kier molecular flexibility index (Phi) is 3.27. The molecular formula is C18H18N2O2S. The third-order valence-electron chi connectivity index (χ3n) is 4.76. The van der Waals surface area contributed by atoms with Crippen molar-refractivity contribution < 1.29 is 8.42 Å². The number of sulfonamides is 1. The average Bonchev–Trinajstić information content (AvgIpc) is 3.25. The highest BCUT2D eigenvalue weighted by molar-refractivity contribution is 7.89. The molecule has 1 aromatic rings. The molecule has 1 saturated carbocycles. The Morgan fingerprint density at radius 1 is 1.00 bits per heavy atom. The van der Waals surface area contributed by atoms with E-state index in [0.717, 1.165) is 11.1 Å². The summed E-state index contributed by atoms with van der Waals surface area (Å²) in [5.41, 5.74) is 2.07. The number of hydrazone groups is 1. The number of hydrogen-bond acceptors (Lipinski definition) is 3. The van der Waals surface area contributed by atoms with Crippen molar-refractivity contribution in [1.29, 1.82) is 0 Å². The van der Waals surface area contributed by atoms with Gasteiger partial charge in [0, 0.05) is 5.92 Å². The second kappa shape index (κ2) is 5.20. The summed E-state index contributed by atoms with van der Waals surface area (Å²) in [5, 5.41) is 3.98. The highest BCUT2D eigenvalue weighted by Crippen LogP contribution is 2.53. The van der Waals surface area contributed by atoms with Gasteiger partial charge in [0.2, 0.25) is 0 Å². The molecule has 0 radical (unpaired) electrons. The van der Waals surface area contributed by atoms with Crippen molar-refractivity contribution >= 4 is 16.2 Å². The van der Waals surface area contributed by atoms with Crippen LogP contribution in [0.3, 0.4) is 0 Å². The maximum Gasteiger partial charge on any atom is 0.276 e. The monoisotopic (exact) mass is 326 g/mol. The molecule has 5 rings (SSSR count). The van der Waals surface area contributed by atoms with Gasteiger partial charge >= 0.3 is 0 Å². The molecule has 2 atom stereocenters. The number of rotatable bonds is 4. The lowest BCUT2D eigenvalue weighted by Gasteiger charge is -2.07. The minimum absolute atomic E-state index is 0.197. The summed E-state index contributed by atoms with van der Waals surface area (Å²) in [7, 11) is -3.62. The molecule has 1 aromatic carbocycles. The van der Waals surface area contributed by atoms with Crippen LogP contribution in [0, 0.1) is 30.6 Å². The first-order valence-corrected chi connectivity index (χ1v) is 9.23. The first-order valence-electron chi connectivity index (χ1n) is 7.74. The van der Waals surface area contributed by atoms with Crippen molar-refractivity contribution in [2.24, 2.45) is 28.8 Å². The van der Waals surface area contributed by atoms with Gasteiger partial charge in [-0.05, 0) is 42.4 Å². The molecule has 0 saturated heterocycles. The number of benzene rings is 1. The quantitative estimate of drug-likeness (QED) is 0.525. The van der Waals surface area contributed by atoms with Crippen LogP contribution in [0.15, 0.2) is 70.2 Å². The highest BCUT2D eigenvalue weighted by atomic mass is 32.2. The molecule has 0 heterocycles.